The summed E-state index contributed by atoms with van der Waals surface area (Å²) in [5.41, 5.74) is 3.58. The first kappa shape index (κ1) is 16.3. The number of hydrogen-bond donors (Lipinski definition) is 3. The minimum absolute atomic E-state index is 0.253. The average Bonchev–Trinajstić information content (AvgIpc) is 3.26. The molecule has 1 heterocycles. The molecular weight excluding hydrogens is 330 g/mol. The monoisotopic (exact) mass is 349 g/mol. The molecule has 1 aliphatic carbocycles. The van der Waals surface area contributed by atoms with Gasteiger partial charge in [0.25, 0.3) is 0 Å². The molecular formula is C19H19N5O2. The maximum atomic E-state index is 12.2. The van der Waals surface area contributed by atoms with E-state index in [1.54, 1.807) is 10.9 Å². The van der Waals surface area contributed by atoms with E-state index in [2.05, 4.69) is 20.9 Å². The van der Waals surface area contributed by atoms with E-state index in [0.29, 0.717) is 12.1 Å². The third-order valence-electron chi connectivity index (χ3n) is 4.48. The standard InChI is InChI=1S/C19H19N5O2/c25-17-10-13-6-4-5-9-16(13)18(17)21-19(26)20-11-14-12-24(23-22-14)15-7-2-1-3-8-15/h1-9,12,17-18,25H,10-11H2,(H2,20,21,26)/t17-,18+/m1/s1. The number of urea groups is 1. The summed E-state index contributed by atoms with van der Waals surface area (Å²) >= 11 is 0. The van der Waals surface area contributed by atoms with Gasteiger partial charge in [0.1, 0.15) is 5.69 Å². The summed E-state index contributed by atoms with van der Waals surface area (Å²) in [5, 5.41) is 23.9. The minimum Gasteiger partial charge on any atom is -0.390 e. The van der Waals surface area contributed by atoms with Gasteiger partial charge in [-0.05, 0) is 23.3 Å². The van der Waals surface area contributed by atoms with Crippen LogP contribution in [-0.2, 0) is 13.0 Å². The molecule has 2 atom stereocenters. The number of aliphatic hydroxyl groups excluding tert-OH is 1. The molecule has 0 fully saturated rings. The molecule has 0 unspecified atom stereocenters. The number of aliphatic hydroxyl groups is 1. The Morgan fingerprint density at radius 2 is 1.92 bits per heavy atom. The zero-order valence-corrected chi connectivity index (χ0v) is 14.0. The number of carbonyl (C=O) groups excluding carboxylic acids is 1. The van der Waals surface area contributed by atoms with Crippen LogP contribution in [0.4, 0.5) is 4.79 Å². The molecule has 26 heavy (non-hydrogen) atoms. The molecule has 1 aliphatic rings. The highest BCUT2D eigenvalue weighted by atomic mass is 16.3. The summed E-state index contributed by atoms with van der Waals surface area (Å²) in [7, 11) is 0. The average molecular weight is 349 g/mol. The smallest absolute Gasteiger partial charge is 0.315 e. The van der Waals surface area contributed by atoms with Crippen molar-refractivity contribution < 1.29 is 9.90 Å². The quantitative estimate of drug-likeness (QED) is 0.669. The van der Waals surface area contributed by atoms with Crippen LogP contribution in [0.15, 0.2) is 60.8 Å². The van der Waals surface area contributed by atoms with Crippen LogP contribution in [0.25, 0.3) is 5.69 Å². The fraction of sp³-hybridized carbons (Fsp3) is 0.211. The molecule has 2 amide bonds. The Hall–Kier alpha value is -3.19. The molecule has 1 aromatic heterocycles. The SMILES string of the molecule is O=C(NCc1cn(-c2ccccc2)nn1)N[C@H]1c2ccccc2C[C@H]1O. The molecule has 3 aromatic rings. The molecule has 3 N–H and O–H groups in total. The minimum atomic E-state index is -0.614. The fourth-order valence-corrected chi connectivity index (χ4v) is 3.20. The van der Waals surface area contributed by atoms with Gasteiger partial charge < -0.3 is 15.7 Å². The van der Waals surface area contributed by atoms with Crippen molar-refractivity contribution >= 4 is 6.03 Å². The normalized spacial score (nSPS) is 18.3. The van der Waals surface area contributed by atoms with E-state index < -0.39 is 12.1 Å². The van der Waals surface area contributed by atoms with E-state index in [1.807, 2.05) is 54.6 Å². The first-order valence-corrected chi connectivity index (χ1v) is 8.47. The second kappa shape index (κ2) is 6.97. The Labute approximate surface area is 150 Å². The Morgan fingerprint density at radius 3 is 2.77 bits per heavy atom. The molecule has 0 saturated heterocycles. The predicted molar refractivity (Wildman–Crippen MR) is 95.6 cm³/mol. The van der Waals surface area contributed by atoms with Gasteiger partial charge in [-0.2, -0.15) is 0 Å². The Bertz CT molecular complexity index is 909. The molecule has 132 valence electrons. The van der Waals surface area contributed by atoms with E-state index in [9.17, 15) is 9.90 Å². The summed E-state index contributed by atoms with van der Waals surface area (Å²) in [6, 6.07) is 16.6. The first-order chi connectivity index (χ1) is 12.7. The zero-order valence-electron chi connectivity index (χ0n) is 14.0. The van der Waals surface area contributed by atoms with Gasteiger partial charge in [-0.1, -0.05) is 47.7 Å². The molecule has 0 saturated carbocycles. The first-order valence-electron chi connectivity index (χ1n) is 8.47. The van der Waals surface area contributed by atoms with Crippen molar-refractivity contribution in [1.29, 1.82) is 0 Å². The van der Waals surface area contributed by atoms with Crippen LogP contribution in [0.5, 0.6) is 0 Å². The van der Waals surface area contributed by atoms with Crippen molar-refractivity contribution in [3.8, 4) is 5.69 Å². The molecule has 0 radical (unpaired) electrons. The van der Waals surface area contributed by atoms with Crippen LogP contribution < -0.4 is 10.6 Å². The second-order valence-electron chi connectivity index (χ2n) is 6.26. The Balaban J connectivity index is 1.36. The van der Waals surface area contributed by atoms with Gasteiger partial charge in [0.15, 0.2) is 0 Å². The van der Waals surface area contributed by atoms with Crippen molar-refractivity contribution in [3.63, 3.8) is 0 Å². The van der Waals surface area contributed by atoms with Gasteiger partial charge in [-0.25, -0.2) is 9.48 Å². The third kappa shape index (κ3) is 3.29. The maximum Gasteiger partial charge on any atom is 0.315 e. The lowest BCUT2D eigenvalue weighted by atomic mass is 10.1. The van der Waals surface area contributed by atoms with E-state index in [0.717, 1.165) is 16.8 Å². The summed E-state index contributed by atoms with van der Waals surface area (Å²) in [4.78, 5) is 12.2. The lowest BCUT2D eigenvalue weighted by molar-refractivity contribution is 0.142. The van der Waals surface area contributed by atoms with Crippen molar-refractivity contribution in [1.82, 2.24) is 25.6 Å². The third-order valence-corrected chi connectivity index (χ3v) is 4.48. The number of hydrogen-bond acceptors (Lipinski definition) is 4. The van der Waals surface area contributed by atoms with E-state index in [-0.39, 0.29) is 12.6 Å². The number of amides is 2. The van der Waals surface area contributed by atoms with E-state index in [4.69, 9.17) is 0 Å². The van der Waals surface area contributed by atoms with Crippen molar-refractivity contribution in [2.75, 3.05) is 0 Å². The number of benzene rings is 2. The molecule has 7 heteroatoms. The summed E-state index contributed by atoms with van der Waals surface area (Å²) in [6.07, 6.45) is 1.71. The molecule has 2 aromatic carbocycles. The second-order valence-corrected chi connectivity index (χ2v) is 6.26. The lowest BCUT2D eigenvalue weighted by Crippen LogP contribution is -2.40. The Morgan fingerprint density at radius 1 is 1.15 bits per heavy atom. The van der Waals surface area contributed by atoms with Crippen LogP contribution >= 0.6 is 0 Å². The summed E-state index contributed by atoms with van der Waals surface area (Å²) in [5.74, 6) is 0. The number of aromatic nitrogens is 3. The van der Waals surface area contributed by atoms with Gasteiger partial charge in [0.05, 0.1) is 30.6 Å². The summed E-state index contributed by atoms with van der Waals surface area (Å²) < 4.78 is 1.66. The highest BCUT2D eigenvalue weighted by Crippen LogP contribution is 2.31. The van der Waals surface area contributed by atoms with Gasteiger partial charge in [-0.3, -0.25) is 0 Å². The number of para-hydroxylation sites is 1. The van der Waals surface area contributed by atoms with Crippen LogP contribution in [-0.4, -0.2) is 32.2 Å². The van der Waals surface area contributed by atoms with Crippen LogP contribution in [0, 0.1) is 0 Å². The van der Waals surface area contributed by atoms with Crippen LogP contribution in [0.2, 0.25) is 0 Å². The van der Waals surface area contributed by atoms with Crippen LogP contribution in [0.3, 0.4) is 0 Å². The van der Waals surface area contributed by atoms with E-state index in [1.165, 1.54) is 0 Å². The van der Waals surface area contributed by atoms with Gasteiger partial charge >= 0.3 is 6.03 Å². The molecule has 0 aliphatic heterocycles. The number of fused-ring (bicyclic) bond motifs is 1. The largest absolute Gasteiger partial charge is 0.390 e. The molecule has 0 bridgehead atoms. The summed E-state index contributed by atoms with van der Waals surface area (Å²) in [6.45, 7) is 0.253. The van der Waals surface area contributed by atoms with Crippen molar-refractivity contribution in [2.24, 2.45) is 0 Å². The maximum absolute atomic E-state index is 12.2. The lowest BCUT2D eigenvalue weighted by Gasteiger charge is -2.18. The number of rotatable bonds is 4. The number of nitrogens with zero attached hydrogens (tertiary/aromatic N) is 3. The molecule has 4 rings (SSSR count). The number of nitrogens with one attached hydrogen (secondary N) is 2. The van der Waals surface area contributed by atoms with Gasteiger partial charge in [0, 0.05) is 6.42 Å². The molecule has 0 spiro atoms. The number of carbonyl (C=O) groups is 1. The topological polar surface area (TPSA) is 92.1 Å². The van der Waals surface area contributed by atoms with Crippen molar-refractivity contribution in [3.05, 3.63) is 77.6 Å². The fourth-order valence-electron chi connectivity index (χ4n) is 3.20. The predicted octanol–water partition coefficient (Wildman–Crippen LogP) is 1.72. The van der Waals surface area contributed by atoms with Crippen molar-refractivity contribution in [2.45, 2.75) is 25.1 Å². The Kier molecular flexibility index (Phi) is 4.37. The van der Waals surface area contributed by atoms with E-state index >= 15 is 0 Å². The molecule has 7 nitrogen and oxygen atoms in total. The van der Waals surface area contributed by atoms with Crippen LogP contribution in [0.1, 0.15) is 22.9 Å². The highest BCUT2D eigenvalue weighted by Gasteiger charge is 2.31. The van der Waals surface area contributed by atoms with Gasteiger partial charge in [0.2, 0.25) is 0 Å². The zero-order chi connectivity index (χ0) is 17.9. The highest BCUT2D eigenvalue weighted by molar-refractivity contribution is 5.74. The van der Waals surface area contributed by atoms with Gasteiger partial charge in [-0.15, -0.1) is 5.10 Å².